The number of thiazole rings is 1. The molecule has 3 rings (SSSR count). The molecule has 90 valence electrons. The molecule has 0 aliphatic heterocycles. The number of nitrogens with zero attached hydrogens (tertiary/aromatic N) is 4. The lowest BCUT2D eigenvalue weighted by atomic mass is 10.2. The zero-order valence-corrected chi connectivity index (χ0v) is 10.6. The molecule has 3 aromatic rings. The highest BCUT2D eigenvalue weighted by atomic mass is 35.5. The van der Waals surface area contributed by atoms with Crippen molar-refractivity contribution >= 4 is 33.8 Å². The average Bonchev–Trinajstić information content (AvgIpc) is 2.79. The Morgan fingerprint density at radius 3 is 2.94 bits per heavy atom. The van der Waals surface area contributed by atoms with Gasteiger partial charge in [-0.25, -0.2) is 9.67 Å². The van der Waals surface area contributed by atoms with Crippen LogP contribution in [0.5, 0.6) is 0 Å². The fourth-order valence-corrected chi connectivity index (χ4v) is 2.59. The van der Waals surface area contributed by atoms with Crippen LogP contribution in [-0.4, -0.2) is 20.0 Å². The van der Waals surface area contributed by atoms with E-state index < -0.39 is 0 Å². The van der Waals surface area contributed by atoms with Crippen molar-refractivity contribution in [3.63, 3.8) is 0 Å². The Labute approximate surface area is 111 Å². The molecule has 1 aromatic carbocycles. The molecule has 5 nitrogen and oxygen atoms in total. The molecule has 0 fully saturated rings. The van der Waals surface area contributed by atoms with E-state index in [2.05, 4.69) is 15.3 Å². The van der Waals surface area contributed by atoms with E-state index in [4.69, 9.17) is 11.6 Å². The van der Waals surface area contributed by atoms with Crippen molar-refractivity contribution in [1.82, 2.24) is 20.0 Å². The van der Waals surface area contributed by atoms with Gasteiger partial charge in [-0.3, -0.25) is 4.79 Å². The van der Waals surface area contributed by atoms with Crippen molar-refractivity contribution in [1.29, 1.82) is 0 Å². The Morgan fingerprint density at radius 2 is 2.17 bits per heavy atom. The molecule has 0 atom stereocenters. The second-order valence-corrected chi connectivity index (χ2v) is 5.35. The Morgan fingerprint density at radius 1 is 1.33 bits per heavy atom. The zero-order chi connectivity index (χ0) is 12.5. The van der Waals surface area contributed by atoms with E-state index in [-0.39, 0.29) is 5.56 Å². The Balaban J connectivity index is 2.08. The molecule has 0 unspecified atom stereocenters. The van der Waals surface area contributed by atoms with Gasteiger partial charge in [-0.15, -0.1) is 16.4 Å². The number of fused-ring (bicyclic) bond motifs is 1. The lowest BCUT2D eigenvalue weighted by Crippen LogP contribution is -2.24. The Kier molecular flexibility index (Phi) is 2.81. The topological polar surface area (TPSA) is 60.7 Å². The fourth-order valence-electron chi connectivity index (χ4n) is 1.63. The number of aromatic nitrogens is 4. The lowest BCUT2D eigenvalue weighted by molar-refractivity contribution is 0.605. The van der Waals surface area contributed by atoms with Gasteiger partial charge in [-0.05, 0) is 12.1 Å². The van der Waals surface area contributed by atoms with Gasteiger partial charge in [0.25, 0.3) is 5.56 Å². The molecule has 0 saturated heterocycles. The van der Waals surface area contributed by atoms with Crippen LogP contribution in [0.25, 0.3) is 10.9 Å². The molecular weight excluding hydrogens is 272 g/mol. The minimum atomic E-state index is -0.162. The van der Waals surface area contributed by atoms with Gasteiger partial charge in [-0.1, -0.05) is 28.9 Å². The predicted molar refractivity (Wildman–Crippen MR) is 70.0 cm³/mol. The molecule has 0 saturated carbocycles. The van der Waals surface area contributed by atoms with Gasteiger partial charge in [0, 0.05) is 11.1 Å². The highest BCUT2D eigenvalue weighted by molar-refractivity contribution is 7.15. The first-order valence-electron chi connectivity index (χ1n) is 5.17. The summed E-state index contributed by atoms with van der Waals surface area (Å²) in [7, 11) is 0. The highest BCUT2D eigenvalue weighted by Crippen LogP contribution is 2.18. The molecule has 7 heteroatoms. The number of halogens is 1. The van der Waals surface area contributed by atoms with Crippen molar-refractivity contribution in [2.45, 2.75) is 6.54 Å². The van der Waals surface area contributed by atoms with Gasteiger partial charge in [0.05, 0.1) is 11.9 Å². The van der Waals surface area contributed by atoms with Gasteiger partial charge < -0.3 is 0 Å². The van der Waals surface area contributed by atoms with E-state index >= 15 is 0 Å². The maximum atomic E-state index is 12.2. The van der Waals surface area contributed by atoms with Crippen molar-refractivity contribution in [3.8, 4) is 0 Å². The zero-order valence-electron chi connectivity index (χ0n) is 9.08. The van der Waals surface area contributed by atoms with E-state index in [1.165, 1.54) is 16.0 Å². The van der Waals surface area contributed by atoms with Gasteiger partial charge >= 0.3 is 0 Å². The second-order valence-electron chi connectivity index (χ2n) is 3.65. The third kappa shape index (κ3) is 2.00. The van der Waals surface area contributed by atoms with Gasteiger partial charge in [0.15, 0.2) is 4.47 Å². The van der Waals surface area contributed by atoms with Crippen LogP contribution in [0, 0.1) is 0 Å². The van der Waals surface area contributed by atoms with Crippen LogP contribution < -0.4 is 5.56 Å². The van der Waals surface area contributed by atoms with E-state index in [1.807, 2.05) is 6.07 Å². The Hall–Kier alpha value is -1.79. The third-order valence-corrected chi connectivity index (χ3v) is 3.56. The molecule has 0 aliphatic rings. The van der Waals surface area contributed by atoms with Crippen LogP contribution >= 0.6 is 22.9 Å². The summed E-state index contributed by atoms with van der Waals surface area (Å²) in [5.74, 6) is 0. The molecule has 0 N–H and O–H groups in total. The van der Waals surface area contributed by atoms with Crippen molar-refractivity contribution in [3.05, 3.63) is 50.2 Å². The maximum Gasteiger partial charge on any atom is 0.277 e. The second kappa shape index (κ2) is 4.47. The van der Waals surface area contributed by atoms with Crippen LogP contribution in [0.4, 0.5) is 0 Å². The summed E-state index contributed by atoms with van der Waals surface area (Å²) in [5.41, 5.74) is 0.436. The summed E-state index contributed by atoms with van der Waals surface area (Å²) in [4.78, 5) is 16.9. The van der Waals surface area contributed by atoms with Crippen LogP contribution in [0.3, 0.4) is 0 Å². The first-order chi connectivity index (χ1) is 8.74. The van der Waals surface area contributed by atoms with E-state index in [1.54, 1.807) is 24.4 Å². The summed E-state index contributed by atoms with van der Waals surface area (Å²) in [5, 5.41) is 8.47. The van der Waals surface area contributed by atoms with E-state index in [9.17, 15) is 4.79 Å². The number of rotatable bonds is 2. The first kappa shape index (κ1) is 11.3. The van der Waals surface area contributed by atoms with Gasteiger partial charge in [0.1, 0.15) is 5.52 Å². The highest BCUT2D eigenvalue weighted by Gasteiger charge is 2.07. The normalized spacial score (nSPS) is 10.9. The van der Waals surface area contributed by atoms with Gasteiger partial charge in [-0.2, -0.15) is 0 Å². The molecule has 0 aliphatic carbocycles. The molecule has 0 spiro atoms. The Bertz CT molecular complexity index is 767. The van der Waals surface area contributed by atoms with Crippen molar-refractivity contribution < 1.29 is 0 Å². The summed E-state index contributed by atoms with van der Waals surface area (Å²) in [6, 6.07) is 7.13. The molecule has 0 bridgehead atoms. The van der Waals surface area contributed by atoms with E-state index in [0.29, 0.717) is 21.9 Å². The molecule has 18 heavy (non-hydrogen) atoms. The molecule has 0 radical (unpaired) electrons. The third-order valence-electron chi connectivity index (χ3n) is 2.46. The van der Waals surface area contributed by atoms with E-state index in [0.717, 1.165) is 4.88 Å². The molecular formula is C11H7ClN4OS. The smallest absolute Gasteiger partial charge is 0.267 e. The number of hydrogen-bond donors (Lipinski definition) is 0. The average molecular weight is 279 g/mol. The summed E-state index contributed by atoms with van der Waals surface area (Å²) < 4.78 is 1.76. The number of benzene rings is 1. The van der Waals surface area contributed by atoms with Crippen molar-refractivity contribution in [2.24, 2.45) is 0 Å². The largest absolute Gasteiger partial charge is 0.277 e. The lowest BCUT2D eigenvalue weighted by Gasteiger charge is -2.02. The standard InChI is InChI=1S/C11H7ClN4OS/c12-11-13-5-7(18-11)6-16-10(17)8-3-1-2-4-9(8)14-15-16/h1-5H,6H2. The molecule has 2 aromatic heterocycles. The monoisotopic (exact) mass is 278 g/mol. The summed E-state index contributed by atoms with van der Waals surface area (Å²) in [6.45, 7) is 0.334. The van der Waals surface area contributed by atoms with Crippen LogP contribution in [0.1, 0.15) is 4.88 Å². The quantitative estimate of drug-likeness (QED) is 0.719. The molecule has 0 amide bonds. The van der Waals surface area contributed by atoms with Crippen LogP contribution in [0.2, 0.25) is 4.47 Å². The maximum absolute atomic E-state index is 12.2. The SMILES string of the molecule is O=c1c2ccccc2nnn1Cc1cnc(Cl)s1. The minimum Gasteiger partial charge on any atom is -0.267 e. The molecule has 2 heterocycles. The van der Waals surface area contributed by atoms with Crippen LogP contribution in [-0.2, 0) is 6.54 Å². The summed E-state index contributed by atoms with van der Waals surface area (Å²) >= 11 is 7.07. The minimum absolute atomic E-state index is 0.162. The fraction of sp³-hybridized carbons (Fsp3) is 0.0909. The van der Waals surface area contributed by atoms with Crippen molar-refractivity contribution in [2.75, 3.05) is 0 Å². The summed E-state index contributed by atoms with van der Waals surface area (Å²) in [6.07, 6.45) is 1.64. The van der Waals surface area contributed by atoms with Crippen LogP contribution in [0.15, 0.2) is 35.3 Å². The number of hydrogen-bond acceptors (Lipinski definition) is 5. The predicted octanol–water partition coefficient (Wildman–Crippen LogP) is 1.95. The first-order valence-corrected chi connectivity index (χ1v) is 6.36. The van der Waals surface area contributed by atoms with Gasteiger partial charge in [0.2, 0.25) is 0 Å².